The van der Waals surface area contributed by atoms with Gasteiger partial charge in [0, 0.05) is 0 Å². The van der Waals surface area contributed by atoms with Crippen LogP contribution in [0.15, 0.2) is 0 Å². The summed E-state index contributed by atoms with van der Waals surface area (Å²) in [5.41, 5.74) is 0. The molecule has 0 bridgehead atoms. The minimum atomic E-state index is -1.43. The van der Waals surface area contributed by atoms with Gasteiger partial charge in [-0.15, -0.1) is 0 Å². The molecule has 11 heavy (non-hydrogen) atoms. The van der Waals surface area contributed by atoms with Gasteiger partial charge < -0.3 is 4.43 Å². The molecule has 0 aromatic rings. The van der Waals surface area contributed by atoms with Crippen molar-refractivity contribution in [2.75, 3.05) is 0 Å². The van der Waals surface area contributed by atoms with E-state index in [0.717, 1.165) is 6.42 Å². The minimum Gasteiger partial charge on any atom is -0.414 e. The summed E-state index contributed by atoms with van der Waals surface area (Å²) in [6.45, 7) is 8.50. The second-order valence-electron chi connectivity index (χ2n) is 3.62. The molecule has 1 atom stereocenters. The Hall–Kier alpha value is -0.333. The van der Waals surface area contributed by atoms with Crippen molar-refractivity contribution in [2.24, 2.45) is 0 Å². The van der Waals surface area contributed by atoms with Gasteiger partial charge in [-0.3, -0.25) is 0 Å². The van der Waals surface area contributed by atoms with Gasteiger partial charge in [-0.2, -0.15) is 5.26 Å². The molecule has 2 nitrogen and oxygen atoms in total. The Morgan fingerprint density at radius 2 is 2.00 bits per heavy atom. The molecule has 3 heteroatoms. The van der Waals surface area contributed by atoms with Crippen LogP contribution >= 0.6 is 0 Å². The van der Waals surface area contributed by atoms with Gasteiger partial charge in [-0.25, -0.2) is 0 Å². The lowest BCUT2D eigenvalue weighted by Crippen LogP contribution is -2.31. The quantitative estimate of drug-likeness (QED) is 0.609. The third kappa shape index (κ3) is 6.08. The summed E-state index contributed by atoms with van der Waals surface area (Å²) < 4.78 is 5.74. The zero-order valence-electron chi connectivity index (χ0n) is 7.85. The number of hydrogen-bond donors (Lipinski definition) is 0. The van der Waals surface area contributed by atoms with Gasteiger partial charge in [-0.1, -0.05) is 6.92 Å². The van der Waals surface area contributed by atoms with Crippen LogP contribution in [0, 0.1) is 11.3 Å². The molecule has 0 aliphatic carbocycles. The summed E-state index contributed by atoms with van der Waals surface area (Å²) in [5.74, 6) is 0. The van der Waals surface area contributed by atoms with Crippen LogP contribution in [0.2, 0.25) is 19.6 Å². The smallest absolute Gasteiger partial charge is 0.184 e. The Morgan fingerprint density at radius 3 is 2.27 bits per heavy atom. The van der Waals surface area contributed by atoms with E-state index in [4.69, 9.17) is 9.69 Å². The lowest BCUT2D eigenvalue weighted by Gasteiger charge is -2.23. The zero-order valence-corrected chi connectivity index (χ0v) is 8.85. The van der Waals surface area contributed by atoms with Crippen molar-refractivity contribution in [1.82, 2.24) is 0 Å². The van der Waals surface area contributed by atoms with E-state index in [1.54, 1.807) is 0 Å². The number of rotatable bonds is 4. The maximum absolute atomic E-state index is 8.45. The predicted octanol–water partition coefficient (Wildman–Crippen LogP) is 2.53. The summed E-state index contributed by atoms with van der Waals surface area (Å²) in [4.78, 5) is 0. The van der Waals surface area contributed by atoms with Gasteiger partial charge in [0.25, 0.3) is 0 Å². The highest BCUT2D eigenvalue weighted by Crippen LogP contribution is 2.11. The third-order valence-electron chi connectivity index (χ3n) is 1.29. The first kappa shape index (κ1) is 10.7. The second-order valence-corrected chi connectivity index (χ2v) is 8.08. The fraction of sp³-hybridized carbons (Fsp3) is 0.875. The molecule has 0 aliphatic rings. The summed E-state index contributed by atoms with van der Waals surface area (Å²) in [5, 5.41) is 8.45. The molecule has 0 saturated carbocycles. The van der Waals surface area contributed by atoms with Crippen molar-refractivity contribution in [3.63, 3.8) is 0 Å². The molecular weight excluding hydrogens is 154 g/mol. The molecule has 1 unspecified atom stereocenters. The van der Waals surface area contributed by atoms with Gasteiger partial charge in [0.15, 0.2) is 8.32 Å². The molecule has 0 spiro atoms. The molecule has 0 aromatic carbocycles. The molecule has 64 valence electrons. The van der Waals surface area contributed by atoms with E-state index >= 15 is 0 Å². The normalized spacial score (nSPS) is 14.1. The lowest BCUT2D eigenvalue weighted by molar-refractivity contribution is 0.195. The first-order chi connectivity index (χ1) is 4.99. The predicted molar refractivity (Wildman–Crippen MR) is 48.7 cm³/mol. The number of hydrogen-bond acceptors (Lipinski definition) is 2. The fourth-order valence-electron chi connectivity index (χ4n) is 0.871. The molecule has 0 fully saturated rings. The largest absolute Gasteiger partial charge is 0.414 e. The molecule has 0 saturated heterocycles. The van der Waals surface area contributed by atoms with Crippen molar-refractivity contribution >= 4 is 8.32 Å². The first-order valence-corrected chi connectivity index (χ1v) is 7.45. The van der Waals surface area contributed by atoms with Gasteiger partial charge in [0.05, 0.1) is 18.6 Å². The summed E-state index contributed by atoms with van der Waals surface area (Å²) in [6, 6.07) is 2.14. The van der Waals surface area contributed by atoms with E-state index in [1.165, 1.54) is 0 Å². The van der Waals surface area contributed by atoms with E-state index < -0.39 is 8.32 Å². The van der Waals surface area contributed by atoms with Crippen LogP contribution in [-0.2, 0) is 4.43 Å². The summed E-state index contributed by atoms with van der Waals surface area (Å²) >= 11 is 0. The maximum Gasteiger partial charge on any atom is 0.184 e. The molecule has 0 rings (SSSR count). The van der Waals surface area contributed by atoms with Gasteiger partial charge in [0.2, 0.25) is 0 Å². The SMILES string of the molecule is CCC(CC#N)O[Si](C)(C)C. The lowest BCUT2D eigenvalue weighted by atomic mass is 10.2. The van der Waals surface area contributed by atoms with E-state index in [2.05, 4.69) is 32.6 Å². The molecule has 0 N–H and O–H groups in total. The third-order valence-corrected chi connectivity index (χ3v) is 2.33. The average Bonchev–Trinajstić information content (AvgIpc) is 1.84. The average molecular weight is 171 g/mol. The molecule has 0 amide bonds. The Kier molecular flexibility index (Phi) is 4.39. The standard InChI is InChI=1S/C8H17NOSi/c1-5-8(6-7-9)10-11(2,3)4/h8H,5-6H2,1-4H3. The Balaban J connectivity index is 3.80. The van der Waals surface area contributed by atoms with Crippen molar-refractivity contribution in [3.05, 3.63) is 0 Å². The van der Waals surface area contributed by atoms with Crippen LogP contribution in [0.5, 0.6) is 0 Å². The molecule has 0 heterocycles. The number of nitriles is 1. The van der Waals surface area contributed by atoms with E-state index in [0.29, 0.717) is 6.42 Å². The highest BCUT2D eigenvalue weighted by atomic mass is 28.4. The maximum atomic E-state index is 8.45. The van der Waals surface area contributed by atoms with Gasteiger partial charge >= 0.3 is 0 Å². The second kappa shape index (κ2) is 4.53. The first-order valence-electron chi connectivity index (χ1n) is 4.04. The number of nitrogens with zero attached hydrogens (tertiary/aromatic N) is 1. The Labute approximate surface area is 70.3 Å². The van der Waals surface area contributed by atoms with Crippen molar-refractivity contribution in [1.29, 1.82) is 5.26 Å². The van der Waals surface area contributed by atoms with Crippen LogP contribution < -0.4 is 0 Å². The van der Waals surface area contributed by atoms with E-state index in [1.807, 2.05) is 0 Å². The Morgan fingerprint density at radius 1 is 1.45 bits per heavy atom. The van der Waals surface area contributed by atoms with Crippen LogP contribution in [-0.4, -0.2) is 14.4 Å². The zero-order chi connectivity index (χ0) is 8.91. The molecular formula is C8H17NOSi. The van der Waals surface area contributed by atoms with E-state index in [9.17, 15) is 0 Å². The fourth-order valence-corrected chi connectivity index (χ4v) is 2.12. The van der Waals surface area contributed by atoms with Crippen molar-refractivity contribution < 1.29 is 4.43 Å². The van der Waals surface area contributed by atoms with Crippen molar-refractivity contribution in [2.45, 2.75) is 45.5 Å². The molecule has 0 aromatic heterocycles. The minimum absolute atomic E-state index is 0.159. The van der Waals surface area contributed by atoms with Crippen LogP contribution in [0.3, 0.4) is 0 Å². The monoisotopic (exact) mass is 171 g/mol. The van der Waals surface area contributed by atoms with E-state index in [-0.39, 0.29) is 6.10 Å². The van der Waals surface area contributed by atoms with Gasteiger partial charge in [0.1, 0.15) is 0 Å². The summed E-state index contributed by atoms with van der Waals surface area (Å²) in [6.07, 6.45) is 1.63. The van der Waals surface area contributed by atoms with Crippen LogP contribution in [0.4, 0.5) is 0 Å². The highest BCUT2D eigenvalue weighted by Gasteiger charge is 2.19. The molecule has 0 aliphatic heterocycles. The van der Waals surface area contributed by atoms with Gasteiger partial charge in [-0.05, 0) is 26.1 Å². The summed E-state index contributed by atoms with van der Waals surface area (Å²) in [7, 11) is -1.43. The Bertz CT molecular complexity index is 145. The van der Waals surface area contributed by atoms with Crippen LogP contribution in [0.25, 0.3) is 0 Å². The van der Waals surface area contributed by atoms with Crippen LogP contribution in [0.1, 0.15) is 19.8 Å². The van der Waals surface area contributed by atoms with Crippen molar-refractivity contribution in [3.8, 4) is 6.07 Å². The topological polar surface area (TPSA) is 33.0 Å². The molecule has 0 radical (unpaired) electrons. The highest BCUT2D eigenvalue weighted by molar-refractivity contribution is 6.69.